The van der Waals surface area contributed by atoms with Crippen LogP contribution in [0.4, 0.5) is 5.69 Å². The number of pyridine rings is 1. The highest BCUT2D eigenvalue weighted by Gasteiger charge is 2.15. The number of rotatable bonds is 16. The number of hydrogen-bond donors (Lipinski definition) is 3. The molecular formula is C31H33ClN2O7. The second-order valence-electron chi connectivity index (χ2n) is 9.27. The van der Waals surface area contributed by atoms with E-state index in [1.165, 1.54) is 35.9 Å². The Morgan fingerprint density at radius 3 is 2.32 bits per heavy atom. The Kier molecular flexibility index (Phi) is 12.2. The van der Waals surface area contributed by atoms with Crippen molar-refractivity contribution in [2.24, 2.45) is 0 Å². The van der Waals surface area contributed by atoms with Crippen molar-refractivity contribution < 1.29 is 34.1 Å². The van der Waals surface area contributed by atoms with Crippen molar-refractivity contribution in [1.82, 2.24) is 4.98 Å². The van der Waals surface area contributed by atoms with Crippen molar-refractivity contribution in [3.05, 3.63) is 88.2 Å². The van der Waals surface area contributed by atoms with E-state index in [0.717, 1.165) is 56.8 Å². The molecule has 1 amide bonds. The third kappa shape index (κ3) is 10.3. The maximum Gasteiger partial charge on any atom is 0.337 e. The largest absolute Gasteiger partial charge is 0.497 e. The van der Waals surface area contributed by atoms with Crippen LogP contribution < -0.4 is 14.8 Å². The van der Waals surface area contributed by atoms with Gasteiger partial charge in [-0.3, -0.25) is 4.79 Å². The third-order valence-corrected chi connectivity index (χ3v) is 6.56. The Morgan fingerprint density at radius 2 is 1.63 bits per heavy atom. The van der Waals surface area contributed by atoms with Crippen molar-refractivity contribution in [2.75, 3.05) is 19.0 Å². The summed E-state index contributed by atoms with van der Waals surface area (Å²) in [4.78, 5) is 39.4. The molecule has 0 fully saturated rings. The van der Waals surface area contributed by atoms with Crippen LogP contribution >= 0.6 is 11.6 Å². The predicted molar refractivity (Wildman–Crippen MR) is 157 cm³/mol. The number of nitrogens with zero attached hydrogens (tertiary/aromatic N) is 1. The van der Waals surface area contributed by atoms with Gasteiger partial charge in [0, 0.05) is 11.8 Å². The number of carboxylic acid groups (broad SMARTS) is 2. The fourth-order valence-electron chi connectivity index (χ4n) is 4.05. The number of aromatic nitrogens is 1. The minimum atomic E-state index is -1.23. The highest BCUT2D eigenvalue weighted by atomic mass is 35.5. The second-order valence-corrected chi connectivity index (χ2v) is 9.68. The van der Waals surface area contributed by atoms with Crippen LogP contribution in [-0.2, 0) is 11.2 Å². The van der Waals surface area contributed by atoms with Gasteiger partial charge in [-0.1, -0.05) is 49.4 Å². The van der Waals surface area contributed by atoms with Gasteiger partial charge < -0.3 is 25.0 Å². The molecule has 0 atom stereocenters. The van der Waals surface area contributed by atoms with Crippen LogP contribution in [0.15, 0.2) is 60.7 Å². The van der Waals surface area contributed by atoms with E-state index >= 15 is 0 Å². The molecule has 0 aliphatic heterocycles. The number of aryl methyl sites for hydroxylation is 1. The fourth-order valence-corrected chi connectivity index (χ4v) is 4.25. The number of benzene rings is 2. The molecule has 0 spiro atoms. The first-order chi connectivity index (χ1) is 19.8. The zero-order valence-corrected chi connectivity index (χ0v) is 23.5. The standard InChI is InChI=1S/C31H33ClN2O7/c1-40-23-12-9-21(10-13-23)8-6-4-2-3-5-7-19-41-28-17-15-27(34-26(28)16-18-29(35)36)30(37)33-22-11-14-25(32)24(20-22)31(38)39/h9-18,20H,2-8,19H2,1H3,(H,33,37)(H,35,36)(H,38,39)/b18-16+. The number of amides is 1. The average Bonchev–Trinajstić information content (AvgIpc) is 2.96. The number of halogens is 1. The zero-order chi connectivity index (χ0) is 29.6. The van der Waals surface area contributed by atoms with Crippen LogP contribution in [0.3, 0.4) is 0 Å². The van der Waals surface area contributed by atoms with Crippen molar-refractivity contribution in [2.45, 2.75) is 44.9 Å². The number of anilines is 1. The number of carboxylic acids is 2. The van der Waals surface area contributed by atoms with E-state index in [1.54, 1.807) is 13.2 Å². The maximum atomic E-state index is 12.8. The lowest BCUT2D eigenvalue weighted by atomic mass is 10.0. The Labute approximate surface area is 243 Å². The molecule has 0 bridgehead atoms. The normalized spacial score (nSPS) is 10.9. The highest BCUT2D eigenvalue weighted by molar-refractivity contribution is 6.33. The van der Waals surface area contributed by atoms with Crippen molar-refractivity contribution >= 4 is 41.2 Å². The molecule has 0 saturated carbocycles. The van der Waals surface area contributed by atoms with Crippen molar-refractivity contribution in [3.8, 4) is 11.5 Å². The summed E-state index contributed by atoms with van der Waals surface area (Å²) in [6, 6.07) is 15.3. The average molecular weight is 581 g/mol. The van der Waals surface area contributed by atoms with Crippen LogP contribution in [-0.4, -0.2) is 46.8 Å². The highest BCUT2D eigenvalue weighted by Crippen LogP contribution is 2.23. The number of carbonyl (C=O) groups is 3. The van der Waals surface area contributed by atoms with Gasteiger partial charge in [-0.15, -0.1) is 0 Å². The van der Waals surface area contributed by atoms with Crippen LogP contribution in [0, 0.1) is 0 Å². The first-order valence-corrected chi connectivity index (χ1v) is 13.7. The van der Waals surface area contributed by atoms with Gasteiger partial charge in [0.15, 0.2) is 0 Å². The molecule has 10 heteroatoms. The molecule has 1 aromatic heterocycles. The van der Waals surface area contributed by atoms with E-state index in [0.29, 0.717) is 12.4 Å². The summed E-state index contributed by atoms with van der Waals surface area (Å²) in [7, 11) is 1.66. The maximum absolute atomic E-state index is 12.8. The fraction of sp³-hybridized carbons (Fsp3) is 0.290. The number of carbonyl (C=O) groups excluding carboxylic acids is 1. The Morgan fingerprint density at radius 1 is 0.927 bits per heavy atom. The van der Waals surface area contributed by atoms with Crippen LogP contribution in [0.1, 0.15) is 70.6 Å². The summed E-state index contributed by atoms with van der Waals surface area (Å²) in [5.41, 5.74) is 1.58. The monoisotopic (exact) mass is 580 g/mol. The summed E-state index contributed by atoms with van der Waals surface area (Å²) >= 11 is 5.88. The number of aliphatic carboxylic acids is 1. The molecule has 9 nitrogen and oxygen atoms in total. The van der Waals surface area contributed by atoms with E-state index in [2.05, 4.69) is 22.4 Å². The molecule has 0 unspecified atom stereocenters. The van der Waals surface area contributed by atoms with E-state index in [9.17, 15) is 19.5 Å². The molecular weight excluding hydrogens is 548 g/mol. The van der Waals surface area contributed by atoms with Crippen molar-refractivity contribution in [1.29, 1.82) is 0 Å². The lowest BCUT2D eigenvalue weighted by Gasteiger charge is -2.11. The quantitative estimate of drug-likeness (QED) is 0.125. The molecule has 0 aliphatic rings. The Hall–Kier alpha value is -4.37. The first kappa shape index (κ1) is 31.2. The SMILES string of the molecule is COc1ccc(CCCCCCCCOc2ccc(C(=O)Nc3ccc(Cl)c(C(=O)O)c3)nc2/C=C/C(=O)O)cc1. The topological polar surface area (TPSA) is 135 Å². The van der Waals surface area contributed by atoms with Gasteiger partial charge in [-0.2, -0.15) is 0 Å². The van der Waals surface area contributed by atoms with Gasteiger partial charge in [-0.25, -0.2) is 14.6 Å². The Balaban J connectivity index is 1.48. The van der Waals surface area contributed by atoms with Crippen LogP contribution in [0.5, 0.6) is 11.5 Å². The number of unbranched alkanes of at least 4 members (excludes halogenated alkanes) is 5. The molecule has 216 valence electrons. The summed E-state index contributed by atoms with van der Waals surface area (Å²) in [5.74, 6) is -1.77. The number of hydrogen-bond acceptors (Lipinski definition) is 6. The lowest BCUT2D eigenvalue weighted by Crippen LogP contribution is -2.15. The second kappa shape index (κ2) is 16.0. The zero-order valence-electron chi connectivity index (χ0n) is 22.8. The minimum absolute atomic E-state index is 0.00357. The molecule has 3 aromatic rings. The molecule has 2 aromatic carbocycles. The molecule has 3 rings (SSSR count). The van der Waals surface area contributed by atoms with Gasteiger partial charge >= 0.3 is 11.9 Å². The van der Waals surface area contributed by atoms with Crippen LogP contribution in [0.2, 0.25) is 5.02 Å². The van der Waals surface area contributed by atoms with Crippen LogP contribution in [0.25, 0.3) is 6.08 Å². The smallest absolute Gasteiger partial charge is 0.337 e. The van der Waals surface area contributed by atoms with Gasteiger partial charge in [0.05, 0.1) is 24.3 Å². The summed E-state index contributed by atoms with van der Waals surface area (Å²) < 4.78 is 11.0. The molecule has 1 heterocycles. The molecule has 0 radical (unpaired) electrons. The summed E-state index contributed by atoms with van der Waals surface area (Å²) in [6.07, 6.45) is 9.55. The summed E-state index contributed by atoms with van der Waals surface area (Å²) in [5, 5.41) is 20.9. The van der Waals surface area contributed by atoms with Gasteiger partial charge in [-0.05, 0) is 73.4 Å². The van der Waals surface area contributed by atoms with E-state index in [1.807, 2.05) is 12.1 Å². The molecule has 41 heavy (non-hydrogen) atoms. The van der Waals surface area contributed by atoms with Crippen molar-refractivity contribution in [3.63, 3.8) is 0 Å². The van der Waals surface area contributed by atoms with Gasteiger partial charge in [0.2, 0.25) is 0 Å². The van der Waals surface area contributed by atoms with E-state index < -0.39 is 17.8 Å². The first-order valence-electron chi connectivity index (χ1n) is 13.3. The van der Waals surface area contributed by atoms with E-state index in [4.69, 9.17) is 26.2 Å². The lowest BCUT2D eigenvalue weighted by molar-refractivity contribution is -0.131. The number of nitrogens with one attached hydrogen (secondary N) is 1. The minimum Gasteiger partial charge on any atom is -0.497 e. The number of ether oxygens (including phenoxy) is 2. The number of methoxy groups -OCH3 is 1. The number of aromatic carboxylic acids is 1. The van der Waals surface area contributed by atoms with E-state index in [-0.39, 0.29) is 27.7 Å². The molecule has 0 saturated heterocycles. The Bertz CT molecular complexity index is 1370. The summed E-state index contributed by atoms with van der Waals surface area (Å²) in [6.45, 7) is 0.426. The predicted octanol–water partition coefficient (Wildman–Crippen LogP) is 6.75. The van der Waals surface area contributed by atoms with Gasteiger partial charge in [0.1, 0.15) is 22.9 Å². The third-order valence-electron chi connectivity index (χ3n) is 6.23. The van der Waals surface area contributed by atoms with Gasteiger partial charge in [0.25, 0.3) is 5.91 Å². The molecule has 3 N–H and O–H groups in total. The molecule has 0 aliphatic carbocycles.